The molecule has 1 unspecified atom stereocenters. The lowest BCUT2D eigenvalue weighted by atomic mass is 10.2. The summed E-state index contributed by atoms with van der Waals surface area (Å²) in [5.41, 5.74) is 0.767. The van der Waals surface area contributed by atoms with Crippen molar-refractivity contribution in [2.75, 3.05) is 12.4 Å². The molecule has 0 bridgehead atoms. The molecule has 0 fully saturated rings. The van der Waals surface area contributed by atoms with Gasteiger partial charge in [-0.05, 0) is 12.1 Å². The van der Waals surface area contributed by atoms with Gasteiger partial charge in [0.2, 0.25) is 0 Å². The Kier molecular flexibility index (Phi) is 5.40. The highest BCUT2D eigenvalue weighted by Crippen LogP contribution is 2.19. The van der Waals surface area contributed by atoms with E-state index in [9.17, 15) is 0 Å². The summed E-state index contributed by atoms with van der Waals surface area (Å²) in [6, 6.07) is 5.14. The maximum Gasteiger partial charge on any atom is 0.0870 e. The Balaban J connectivity index is 2.64. The van der Waals surface area contributed by atoms with E-state index in [1.807, 2.05) is 0 Å². The second-order valence-electron chi connectivity index (χ2n) is 2.97. The normalized spacial score (nSPS) is 13.3. The molecule has 1 aromatic carbocycles. The lowest BCUT2D eigenvalue weighted by molar-refractivity contribution is 0.207. The third kappa shape index (κ3) is 4.39. The zero-order valence-corrected chi connectivity index (χ0v) is 10.1. The minimum Gasteiger partial charge on any atom is -0.390 e. The van der Waals surface area contributed by atoms with Crippen molar-refractivity contribution in [3.05, 3.63) is 33.8 Å². The third-order valence-corrected chi connectivity index (χ3v) is 2.61. The third-order valence-electron chi connectivity index (χ3n) is 1.69. The van der Waals surface area contributed by atoms with E-state index >= 15 is 0 Å². The van der Waals surface area contributed by atoms with Crippen molar-refractivity contribution in [1.82, 2.24) is 0 Å². The number of aliphatic hydroxyl groups is 1. The number of hydrogen-bond donors (Lipinski definition) is 1. The van der Waals surface area contributed by atoms with Gasteiger partial charge in [-0.15, -0.1) is 11.6 Å². The molecule has 0 radical (unpaired) electrons. The molecule has 0 aromatic heterocycles. The van der Waals surface area contributed by atoms with Crippen LogP contribution in [-0.4, -0.2) is 29.8 Å². The van der Waals surface area contributed by atoms with Crippen molar-refractivity contribution in [2.24, 2.45) is 4.99 Å². The largest absolute Gasteiger partial charge is 0.390 e. The number of rotatable bonds is 4. The van der Waals surface area contributed by atoms with E-state index in [0.717, 1.165) is 5.56 Å². The van der Waals surface area contributed by atoms with Crippen LogP contribution in [-0.2, 0) is 0 Å². The van der Waals surface area contributed by atoms with Crippen LogP contribution in [0.1, 0.15) is 5.56 Å². The minimum atomic E-state index is -0.617. The molecule has 0 saturated carbocycles. The molecule has 5 heteroatoms. The first kappa shape index (κ1) is 12.8. The first-order valence-electron chi connectivity index (χ1n) is 4.32. The lowest BCUT2D eigenvalue weighted by Gasteiger charge is -2.01. The van der Waals surface area contributed by atoms with Gasteiger partial charge in [0, 0.05) is 16.8 Å². The molecule has 1 atom stereocenters. The summed E-state index contributed by atoms with van der Waals surface area (Å²) in [6.45, 7) is 0.266. The standard InChI is InChI=1S/C10H10Cl3NO/c11-4-9(15)6-14-5-7-1-2-8(12)3-10(7)13/h1-3,5,9,15H,4,6H2/b14-5+. The van der Waals surface area contributed by atoms with E-state index in [-0.39, 0.29) is 12.4 Å². The number of hydrogen-bond acceptors (Lipinski definition) is 2. The van der Waals surface area contributed by atoms with Crippen molar-refractivity contribution in [3.8, 4) is 0 Å². The van der Waals surface area contributed by atoms with E-state index in [4.69, 9.17) is 39.9 Å². The molecule has 0 saturated heterocycles. The summed E-state index contributed by atoms with van der Waals surface area (Å²) in [6.07, 6.45) is 0.975. The van der Waals surface area contributed by atoms with E-state index < -0.39 is 6.10 Å². The second kappa shape index (κ2) is 6.33. The molecule has 2 nitrogen and oxygen atoms in total. The molecule has 0 heterocycles. The van der Waals surface area contributed by atoms with Gasteiger partial charge in [-0.2, -0.15) is 0 Å². The Morgan fingerprint density at radius 1 is 1.40 bits per heavy atom. The Labute approximate surface area is 103 Å². The molecule has 0 spiro atoms. The van der Waals surface area contributed by atoms with Crippen LogP contribution in [0.2, 0.25) is 10.0 Å². The summed E-state index contributed by atoms with van der Waals surface area (Å²) >= 11 is 17.1. The average molecular weight is 267 g/mol. The predicted molar refractivity (Wildman–Crippen MR) is 65.6 cm³/mol. The number of aliphatic hydroxyl groups excluding tert-OH is 1. The molecule has 1 aromatic rings. The zero-order valence-electron chi connectivity index (χ0n) is 7.83. The van der Waals surface area contributed by atoms with Crippen LogP contribution < -0.4 is 0 Å². The Morgan fingerprint density at radius 2 is 2.13 bits per heavy atom. The number of alkyl halides is 1. The molecule has 0 aliphatic carbocycles. The van der Waals surface area contributed by atoms with Crippen molar-refractivity contribution < 1.29 is 5.11 Å². The maximum absolute atomic E-state index is 9.15. The molecule has 0 aliphatic rings. The quantitative estimate of drug-likeness (QED) is 0.659. The van der Waals surface area contributed by atoms with Gasteiger partial charge in [0.05, 0.1) is 23.6 Å². The molecule has 1 N–H and O–H groups in total. The van der Waals surface area contributed by atoms with Gasteiger partial charge in [-0.25, -0.2) is 0 Å². The van der Waals surface area contributed by atoms with Gasteiger partial charge < -0.3 is 5.11 Å². The maximum atomic E-state index is 9.15. The summed E-state index contributed by atoms with van der Waals surface area (Å²) in [7, 11) is 0. The molecule has 82 valence electrons. The molecule has 0 aliphatic heterocycles. The van der Waals surface area contributed by atoms with E-state index in [1.165, 1.54) is 0 Å². The SMILES string of the molecule is OC(CCl)C/N=C/c1ccc(Cl)cc1Cl. The van der Waals surface area contributed by atoms with E-state index in [2.05, 4.69) is 4.99 Å². The van der Waals surface area contributed by atoms with Crippen LogP contribution in [0.5, 0.6) is 0 Å². The fourth-order valence-electron chi connectivity index (χ4n) is 0.928. The monoisotopic (exact) mass is 265 g/mol. The molecular formula is C10H10Cl3NO. The van der Waals surface area contributed by atoms with Crippen LogP contribution in [0.25, 0.3) is 0 Å². The molecular weight excluding hydrogens is 256 g/mol. The highest BCUT2D eigenvalue weighted by molar-refractivity contribution is 6.36. The van der Waals surface area contributed by atoms with Crippen LogP contribution in [0, 0.1) is 0 Å². The molecule has 0 amide bonds. The van der Waals surface area contributed by atoms with Crippen molar-refractivity contribution in [3.63, 3.8) is 0 Å². The number of nitrogens with zero attached hydrogens (tertiary/aromatic N) is 1. The van der Waals surface area contributed by atoms with Crippen LogP contribution in [0.4, 0.5) is 0 Å². The van der Waals surface area contributed by atoms with Gasteiger partial charge in [-0.3, -0.25) is 4.99 Å². The summed E-state index contributed by atoms with van der Waals surface area (Å²) in [4.78, 5) is 4.02. The highest BCUT2D eigenvalue weighted by Gasteiger charge is 2.00. The van der Waals surface area contributed by atoms with Gasteiger partial charge in [0.25, 0.3) is 0 Å². The first-order chi connectivity index (χ1) is 7.13. The van der Waals surface area contributed by atoms with Gasteiger partial charge >= 0.3 is 0 Å². The van der Waals surface area contributed by atoms with Crippen LogP contribution in [0.15, 0.2) is 23.2 Å². The van der Waals surface area contributed by atoms with E-state index in [0.29, 0.717) is 10.0 Å². The van der Waals surface area contributed by atoms with E-state index in [1.54, 1.807) is 24.4 Å². The Bertz CT molecular complexity index is 355. The highest BCUT2D eigenvalue weighted by atomic mass is 35.5. The Morgan fingerprint density at radius 3 is 2.73 bits per heavy atom. The van der Waals surface area contributed by atoms with Crippen molar-refractivity contribution >= 4 is 41.0 Å². The zero-order chi connectivity index (χ0) is 11.3. The fourth-order valence-corrected chi connectivity index (χ4v) is 1.48. The summed E-state index contributed by atoms with van der Waals surface area (Å²) in [5.74, 6) is 0.172. The number of benzene rings is 1. The second-order valence-corrected chi connectivity index (χ2v) is 4.12. The van der Waals surface area contributed by atoms with Crippen molar-refractivity contribution in [1.29, 1.82) is 0 Å². The predicted octanol–water partition coefficient (Wildman–Crippen LogP) is 3.01. The first-order valence-corrected chi connectivity index (χ1v) is 5.61. The average Bonchev–Trinajstić information content (AvgIpc) is 2.21. The van der Waals surface area contributed by atoms with Crippen LogP contribution in [0.3, 0.4) is 0 Å². The molecule has 1 rings (SSSR count). The minimum absolute atomic E-state index is 0.172. The summed E-state index contributed by atoms with van der Waals surface area (Å²) in [5, 5.41) is 10.3. The van der Waals surface area contributed by atoms with Gasteiger partial charge in [0.1, 0.15) is 0 Å². The smallest absolute Gasteiger partial charge is 0.0870 e. The van der Waals surface area contributed by atoms with Gasteiger partial charge in [0.15, 0.2) is 0 Å². The Hall–Kier alpha value is -0.280. The lowest BCUT2D eigenvalue weighted by Crippen LogP contribution is -2.12. The fraction of sp³-hybridized carbons (Fsp3) is 0.300. The summed E-state index contributed by atoms with van der Waals surface area (Å²) < 4.78 is 0. The number of halogens is 3. The van der Waals surface area contributed by atoms with Crippen molar-refractivity contribution in [2.45, 2.75) is 6.10 Å². The molecule has 15 heavy (non-hydrogen) atoms. The number of aliphatic imine (C=N–C) groups is 1. The van der Waals surface area contributed by atoms with Crippen LogP contribution >= 0.6 is 34.8 Å². The topological polar surface area (TPSA) is 32.6 Å². The van der Waals surface area contributed by atoms with Gasteiger partial charge in [-0.1, -0.05) is 29.3 Å².